The van der Waals surface area contributed by atoms with E-state index in [0.29, 0.717) is 11.6 Å². The van der Waals surface area contributed by atoms with E-state index in [2.05, 4.69) is 53.3 Å². The third-order valence-corrected chi connectivity index (χ3v) is 3.96. The Kier molecular flexibility index (Phi) is 5.11. The highest BCUT2D eigenvalue weighted by Gasteiger charge is 2.02. The summed E-state index contributed by atoms with van der Waals surface area (Å²) in [5.74, 6) is 1.48. The molecule has 3 nitrogen and oxygen atoms in total. The van der Waals surface area contributed by atoms with E-state index in [0.717, 1.165) is 29.1 Å². The van der Waals surface area contributed by atoms with Crippen molar-refractivity contribution in [1.29, 1.82) is 0 Å². The van der Waals surface area contributed by atoms with Gasteiger partial charge in [0.1, 0.15) is 5.82 Å². The minimum Gasteiger partial charge on any atom is -0.340 e. The molecule has 0 radical (unpaired) electrons. The van der Waals surface area contributed by atoms with Crippen molar-refractivity contribution in [3.05, 3.63) is 83.8 Å². The van der Waals surface area contributed by atoms with Gasteiger partial charge < -0.3 is 5.32 Å². The molecule has 1 N–H and O–H groups in total. The van der Waals surface area contributed by atoms with Crippen molar-refractivity contribution in [2.75, 3.05) is 5.32 Å². The SMILES string of the molecule is [C-]#[N+]c1ccc(-c2ccc(Nc3ccc(CC(C)C)cc3)nc2)cc1. The van der Waals surface area contributed by atoms with Crippen LogP contribution in [0, 0.1) is 12.5 Å². The molecule has 0 saturated heterocycles. The number of nitrogens with zero attached hydrogens (tertiary/aromatic N) is 2. The summed E-state index contributed by atoms with van der Waals surface area (Å²) in [6.45, 7) is 11.5. The number of hydrogen-bond acceptors (Lipinski definition) is 2. The summed E-state index contributed by atoms with van der Waals surface area (Å²) in [7, 11) is 0. The topological polar surface area (TPSA) is 29.3 Å². The van der Waals surface area contributed by atoms with Crippen LogP contribution in [-0.4, -0.2) is 4.98 Å². The molecule has 0 amide bonds. The van der Waals surface area contributed by atoms with Crippen LogP contribution >= 0.6 is 0 Å². The Morgan fingerprint density at radius 1 is 0.920 bits per heavy atom. The molecule has 1 heterocycles. The van der Waals surface area contributed by atoms with Gasteiger partial charge in [-0.25, -0.2) is 9.83 Å². The van der Waals surface area contributed by atoms with Gasteiger partial charge in [-0.05, 0) is 47.7 Å². The lowest BCUT2D eigenvalue weighted by Crippen LogP contribution is -1.96. The molecule has 0 aliphatic rings. The van der Waals surface area contributed by atoms with Crippen LogP contribution in [0.5, 0.6) is 0 Å². The molecule has 0 spiro atoms. The van der Waals surface area contributed by atoms with E-state index >= 15 is 0 Å². The minimum absolute atomic E-state index is 0.649. The third kappa shape index (κ3) is 4.45. The van der Waals surface area contributed by atoms with Crippen LogP contribution in [-0.2, 0) is 6.42 Å². The number of benzene rings is 2. The van der Waals surface area contributed by atoms with E-state index in [4.69, 9.17) is 6.57 Å². The third-order valence-electron chi connectivity index (χ3n) is 3.96. The van der Waals surface area contributed by atoms with Crippen molar-refractivity contribution in [2.24, 2.45) is 5.92 Å². The van der Waals surface area contributed by atoms with E-state index in [1.165, 1.54) is 5.56 Å². The smallest absolute Gasteiger partial charge is 0.187 e. The average molecular weight is 327 g/mol. The fraction of sp³-hybridized carbons (Fsp3) is 0.182. The molecule has 124 valence electrons. The summed E-state index contributed by atoms with van der Waals surface area (Å²) in [6.07, 6.45) is 2.95. The molecule has 0 aliphatic carbocycles. The first-order valence-electron chi connectivity index (χ1n) is 8.44. The largest absolute Gasteiger partial charge is 0.340 e. The number of pyridine rings is 1. The molecule has 0 saturated carbocycles. The maximum Gasteiger partial charge on any atom is 0.187 e. The number of hydrogen-bond donors (Lipinski definition) is 1. The van der Waals surface area contributed by atoms with Gasteiger partial charge in [0.15, 0.2) is 5.69 Å². The fourth-order valence-corrected chi connectivity index (χ4v) is 2.71. The van der Waals surface area contributed by atoms with Crippen LogP contribution in [0.4, 0.5) is 17.2 Å². The van der Waals surface area contributed by atoms with Crippen molar-refractivity contribution in [3.8, 4) is 11.1 Å². The molecule has 3 rings (SSSR count). The monoisotopic (exact) mass is 327 g/mol. The van der Waals surface area contributed by atoms with E-state index in [9.17, 15) is 0 Å². The Morgan fingerprint density at radius 3 is 2.16 bits per heavy atom. The Bertz CT molecular complexity index is 855. The maximum absolute atomic E-state index is 7.00. The zero-order valence-electron chi connectivity index (χ0n) is 14.5. The predicted molar refractivity (Wildman–Crippen MR) is 104 cm³/mol. The molecular formula is C22H21N3. The van der Waals surface area contributed by atoms with Crippen LogP contribution < -0.4 is 5.32 Å². The normalized spacial score (nSPS) is 10.5. The summed E-state index contributed by atoms with van der Waals surface area (Å²) >= 11 is 0. The Labute approximate surface area is 149 Å². The predicted octanol–water partition coefficient (Wildman–Crippen LogP) is 6.24. The number of aromatic nitrogens is 1. The highest BCUT2D eigenvalue weighted by molar-refractivity contribution is 5.67. The van der Waals surface area contributed by atoms with Gasteiger partial charge in [-0.2, -0.15) is 0 Å². The van der Waals surface area contributed by atoms with Gasteiger partial charge in [-0.1, -0.05) is 50.2 Å². The van der Waals surface area contributed by atoms with E-state index in [1.54, 1.807) is 0 Å². The Balaban J connectivity index is 1.69. The lowest BCUT2D eigenvalue weighted by Gasteiger charge is -2.09. The van der Waals surface area contributed by atoms with Crippen molar-refractivity contribution in [3.63, 3.8) is 0 Å². The van der Waals surface area contributed by atoms with Crippen LogP contribution in [0.15, 0.2) is 66.9 Å². The molecule has 3 heteroatoms. The van der Waals surface area contributed by atoms with Gasteiger partial charge in [-0.15, -0.1) is 0 Å². The zero-order chi connectivity index (χ0) is 17.6. The van der Waals surface area contributed by atoms with Gasteiger partial charge >= 0.3 is 0 Å². The van der Waals surface area contributed by atoms with E-state index in [1.807, 2.05) is 42.6 Å². The highest BCUT2D eigenvalue weighted by atomic mass is 15.0. The molecule has 0 fully saturated rings. The van der Waals surface area contributed by atoms with Gasteiger partial charge in [0.2, 0.25) is 0 Å². The minimum atomic E-state index is 0.649. The number of nitrogens with one attached hydrogen (secondary N) is 1. The van der Waals surface area contributed by atoms with Crippen LogP contribution in [0.1, 0.15) is 19.4 Å². The van der Waals surface area contributed by atoms with Gasteiger partial charge in [0, 0.05) is 17.4 Å². The summed E-state index contributed by atoms with van der Waals surface area (Å²) < 4.78 is 0. The van der Waals surface area contributed by atoms with Gasteiger partial charge in [0.25, 0.3) is 0 Å². The van der Waals surface area contributed by atoms with Crippen molar-refractivity contribution >= 4 is 17.2 Å². The summed E-state index contributed by atoms with van der Waals surface area (Å²) in [4.78, 5) is 7.90. The van der Waals surface area contributed by atoms with Crippen molar-refractivity contribution in [2.45, 2.75) is 20.3 Å². The molecule has 0 atom stereocenters. The van der Waals surface area contributed by atoms with Gasteiger partial charge in [0.05, 0.1) is 6.57 Å². The van der Waals surface area contributed by atoms with Crippen LogP contribution in [0.25, 0.3) is 16.0 Å². The van der Waals surface area contributed by atoms with Crippen molar-refractivity contribution < 1.29 is 0 Å². The van der Waals surface area contributed by atoms with E-state index < -0.39 is 0 Å². The first-order valence-corrected chi connectivity index (χ1v) is 8.44. The molecular weight excluding hydrogens is 306 g/mol. The quantitative estimate of drug-likeness (QED) is 0.562. The lowest BCUT2D eigenvalue weighted by molar-refractivity contribution is 0.647. The Morgan fingerprint density at radius 2 is 1.60 bits per heavy atom. The number of rotatable bonds is 5. The molecule has 0 aliphatic heterocycles. The van der Waals surface area contributed by atoms with Gasteiger partial charge in [-0.3, -0.25) is 0 Å². The molecule has 1 aromatic heterocycles. The van der Waals surface area contributed by atoms with Crippen LogP contribution in [0.2, 0.25) is 0 Å². The van der Waals surface area contributed by atoms with Crippen molar-refractivity contribution in [1.82, 2.24) is 4.98 Å². The average Bonchev–Trinajstić information content (AvgIpc) is 2.64. The highest BCUT2D eigenvalue weighted by Crippen LogP contribution is 2.24. The lowest BCUT2D eigenvalue weighted by atomic mass is 10.0. The van der Waals surface area contributed by atoms with E-state index in [-0.39, 0.29) is 0 Å². The summed E-state index contributed by atoms with van der Waals surface area (Å²) in [6, 6.07) is 20.1. The first-order chi connectivity index (χ1) is 12.1. The fourth-order valence-electron chi connectivity index (χ4n) is 2.71. The number of anilines is 2. The second-order valence-corrected chi connectivity index (χ2v) is 6.51. The molecule has 2 aromatic carbocycles. The second-order valence-electron chi connectivity index (χ2n) is 6.51. The molecule has 25 heavy (non-hydrogen) atoms. The summed E-state index contributed by atoms with van der Waals surface area (Å²) in [5.41, 5.74) is 5.13. The standard InChI is InChI=1S/C22H21N3/c1-16(2)14-17-4-9-21(10-5-17)25-22-13-8-19(15-24-22)18-6-11-20(23-3)12-7-18/h4-13,15-16H,14H2,1-2H3,(H,24,25). The molecule has 0 bridgehead atoms. The molecule has 0 unspecified atom stereocenters. The zero-order valence-corrected chi connectivity index (χ0v) is 14.5. The van der Waals surface area contributed by atoms with Crippen LogP contribution in [0.3, 0.4) is 0 Å². The Hall–Kier alpha value is -3.12. The second kappa shape index (κ2) is 7.63. The summed E-state index contributed by atoms with van der Waals surface area (Å²) in [5, 5.41) is 3.33. The molecule has 3 aromatic rings. The first kappa shape index (κ1) is 16.7. The maximum atomic E-state index is 7.00.